The van der Waals surface area contributed by atoms with Crippen LogP contribution in [0.3, 0.4) is 0 Å². The van der Waals surface area contributed by atoms with Gasteiger partial charge in [0.25, 0.3) is 0 Å². The average Bonchev–Trinajstić information content (AvgIpc) is 2.37. The van der Waals surface area contributed by atoms with Crippen LogP contribution in [0.5, 0.6) is 0 Å². The molecule has 0 radical (unpaired) electrons. The van der Waals surface area contributed by atoms with E-state index in [0.717, 1.165) is 0 Å². The van der Waals surface area contributed by atoms with E-state index in [2.05, 4.69) is 15.5 Å². The van der Waals surface area contributed by atoms with Crippen molar-refractivity contribution in [1.82, 2.24) is 10.2 Å². The SMILES string of the molecule is CC(C)(C)OC(=O)Nc1c(C#N)nnc2ccccc12. The molecule has 1 aromatic heterocycles. The first-order valence-corrected chi connectivity index (χ1v) is 6.06. The molecular formula is C14H14N4O2. The number of nitrogens with zero attached hydrogens (tertiary/aromatic N) is 3. The summed E-state index contributed by atoms with van der Waals surface area (Å²) in [5.41, 5.74) is 0.340. The van der Waals surface area contributed by atoms with Crippen molar-refractivity contribution >= 4 is 22.7 Å². The molecule has 6 heteroatoms. The van der Waals surface area contributed by atoms with Crippen molar-refractivity contribution in [3.05, 3.63) is 30.0 Å². The molecule has 1 N–H and O–H groups in total. The first-order valence-electron chi connectivity index (χ1n) is 6.06. The number of anilines is 1. The summed E-state index contributed by atoms with van der Waals surface area (Å²) in [5.74, 6) is 0. The Morgan fingerprint density at radius 3 is 2.65 bits per heavy atom. The normalized spacial score (nSPS) is 10.9. The predicted octanol–water partition coefficient (Wildman–Crippen LogP) is 2.85. The van der Waals surface area contributed by atoms with Crippen LogP contribution < -0.4 is 5.32 Å². The number of aromatic nitrogens is 2. The van der Waals surface area contributed by atoms with Gasteiger partial charge >= 0.3 is 6.09 Å². The van der Waals surface area contributed by atoms with Gasteiger partial charge in [-0.3, -0.25) is 5.32 Å². The van der Waals surface area contributed by atoms with Crippen molar-refractivity contribution in [2.24, 2.45) is 0 Å². The minimum Gasteiger partial charge on any atom is -0.444 e. The van der Waals surface area contributed by atoms with Gasteiger partial charge < -0.3 is 4.74 Å². The van der Waals surface area contributed by atoms with E-state index in [1.165, 1.54) is 0 Å². The third-order valence-electron chi connectivity index (χ3n) is 2.40. The molecule has 0 fully saturated rings. The number of hydrogen-bond acceptors (Lipinski definition) is 5. The van der Waals surface area contributed by atoms with E-state index in [9.17, 15) is 4.79 Å². The fourth-order valence-corrected chi connectivity index (χ4v) is 1.66. The molecule has 2 aromatic rings. The van der Waals surface area contributed by atoms with Crippen molar-refractivity contribution in [1.29, 1.82) is 5.26 Å². The lowest BCUT2D eigenvalue weighted by molar-refractivity contribution is 0.0636. The number of fused-ring (bicyclic) bond motifs is 1. The van der Waals surface area contributed by atoms with Gasteiger partial charge in [0.1, 0.15) is 11.7 Å². The molecule has 0 unspecified atom stereocenters. The summed E-state index contributed by atoms with van der Waals surface area (Å²) in [4.78, 5) is 11.8. The highest BCUT2D eigenvalue weighted by molar-refractivity contribution is 6.00. The summed E-state index contributed by atoms with van der Waals surface area (Å²) in [5, 5.41) is 20.0. The number of nitrogens with one attached hydrogen (secondary N) is 1. The molecule has 1 aromatic carbocycles. The van der Waals surface area contributed by atoms with Gasteiger partial charge in [-0.2, -0.15) is 5.26 Å². The smallest absolute Gasteiger partial charge is 0.412 e. The van der Waals surface area contributed by atoms with Gasteiger partial charge in [0.05, 0.1) is 11.2 Å². The Balaban J connectivity index is 2.42. The number of hydrogen-bond donors (Lipinski definition) is 1. The molecule has 1 heterocycles. The molecule has 0 aliphatic rings. The fourth-order valence-electron chi connectivity index (χ4n) is 1.66. The molecule has 6 nitrogen and oxygen atoms in total. The molecule has 0 aliphatic carbocycles. The highest BCUT2D eigenvalue weighted by atomic mass is 16.6. The van der Waals surface area contributed by atoms with Gasteiger partial charge in [0.2, 0.25) is 0 Å². The summed E-state index contributed by atoms with van der Waals surface area (Å²) >= 11 is 0. The Morgan fingerprint density at radius 2 is 2.00 bits per heavy atom. The fraction of sp³-hybridized carbons (Fsp3) is 0.286. The van der Waals surface area contributed by atoms with Crippen LogP contribution in [0.2, 0.25) is 0 Å². The summed E-state index contributed by atoms with van der Waals surface area (Å²) in [6.07, 6.45) is -0.632. The first kappa shape index (κ1) is 13.7. The first-order chi connectivity index (χ1) is 9.40. The van der Waals surface area contributed by atoms with Crippen LogP contribution in [0.15, 0.2) is 24.3 Å². The third kappa shape index (κ3) is 3.01. The van der Waals surface area contributed by atoms with Crippen LogP contribution >= 0.6 is 0 Å². The van der Waals surface area contributed by atoms with E-state index in [4.69, 9.17) is 10.00 Å². The number of ether oxygens (including phenoxy) is 1. The van der Waals surface area contributed by atoms with E-state index < -0.39 is 11.7 Å². The second-order valence-electron chi connectivity index (χ2n) is 5.18. The molecule has 0 bridgehead atoms. The second-order valence-corrected chi connectivity index (χ2v) is 5.18. The lowest BCUT2D eigenvalue weighted by Crippen LogP contribution is -2.27. The van der Waals surface area contributed by atoms with E-state index >= 15 is 0 Å². The van der Waals surface area contributed by atoms with E-state index in [1.807, 2.05) is 6.07 Å². The van der Waals surface area contributed by atoms with Crippen LogP contribution in [-0.2, 0) is 4.74 Å². The molecule has 0 saturated carbocycles. The maximum absolute atomic E-state index is 11.8. The zero-order valence-corrected chi connectivity index (χ0v) is 11.5. The van der Waals surface area contributed by atoms with Crippen molar-refractivity contribution in [2.75, 3.05) is 5.32 Å². The predicted molar refractivity (Wildman–Crippen MR) is 74.1 cm³/mol. The lowest BCUT2D eigenvalue weighted by Gasteiger charge is -2.20. The largest absolute Gasteiger partial charge is 0.444 e. The lowest BCUT2D eigenvalue weighted by atomic mass is 10.1. The number of carbonyl (C=O) groups is 1. The number of rotatable bonds is 1. The van der Waals surface area contributed by atoms with Crippen molar-refractivity contribution < 1.29 is 9.53 Å². The van der Waals surface area contributed by atoms with Crippen molar-refractivity contribution in [2.45, 2.75) is 26.4 Å². The molecule has 20 heavy (non-hydrogen) atoms. The maximum atomic E-state index is 11.8. The molecule has 0 aliphatic heterocycles. The van der Waals surface area contributed by atoms with Gasteiger partial charge in [0.15, 0.2) is 5.69 Å². The second kappa shape index (κ2) is 5.13. The van der Waals surface area contributed by atoms with Crippen molar-refractivity contribution in [3.63, 3.8) is 0 Å². The Morgan fingerprint density at radius 1 is 1.30 bits per heavy atom. The quantitative estimate of drug-likeness (QED) is 0.860. The Kier molecular flexibility index (Phi) is 3.53. The third-order valence-corrected chi connectivity index (χ3v) is 2.40. The van der Waals surface area contributed by atoms with Gasteiger partial charge in [-0.1, -0.05) is 18.2 Å². The van der Waals surface area contributed by atoms with Crippen LogP contribution in [0.25, 0.3) is 10.9 Å². The zero-order valence-electron chi connectivity index (χ0n) is 11.5. The summed E-state index contributed by atoms with van der Waals surface area (Å²) < 4.78 is 5.18. The minimum absolute atomic E-state index is 0.0505. The monoisotopic (exact) mass is 270 g/mol. The number of amides is 1. The van der Waals surface area contributed by atoms with E-state index in [-0.39, 0.29) is 5.69 Å². The molecule has 0 saturated heterocycles. The molecular weight excluding hydrogens is 256 g/mol. The number of benzene rings is 1. The van der Waals surface area contributed by atoms with Crippen LogP contribution in [0.1, 0.15) is 26.5 Å². The zero-order chi connectivity index (χ0) is 14.8. The number of carbonyl (C=O) groups excluding carboxylic acids is 1. The Hall–Kier alpha value is -2.68. The highest BCUT2D eigenvalue weighted by Crippen LogP contribution is 2.24. The Bertz CT molecular complexity index is 698. The van der Waals surface area contributed by atoms with Gasteiger partial charge in [-0.25, -0.2) is 4.79 Å². The molecule has 0 spiro atoms. The van der Waals surface area contributed by atoms with Gasteiger partial charge in [-0.15, -0.1) is 10.2 Å². The summed E-state index contributed by atoms with van der Waals surface area (Å²) in [6.45, 7) is 5.29. The van der Waals surface area contributed by atoms with Crippen LogP contribution in [0.4, 0.5) is 10.5 Å². The van der Waals surface area contributed by atoms with E-state index in [0.29, 0.717) is 16.6 Å². The van der Waals surface area contributed by atoms with Crippen LogP contribution in [0, 0.1) is 11.3 Å². The number of nitriles is 1. The summed E-state index contributed by atoms with van der Waals surface area (Å²) in [6, 6.07) is 9.03. The van der Waals surface area contributed by atoms with Gasteiger partial charge in [0, 0.05) is 5.39 Å². The van der Waals surface area contributed by atoms with E-state index in [1.54, 1.807) is 45.0 Å². The molecule has 102 valence electrons. The Labute approximate surface area is 116 Å². The standard InChI is InChI=1S/C14H14N4O2/c1-14(2,3)20-13(19)16-12-9-6-4-5-7-10(9)17-18-11(12)8-15/h4-7H,1-3H3,(H,16,17,19). The van der Waals surface area contributed by atoms with Crippen molar-refractivity contribution in [3.8, 4) is 6.07 Å². The molecule has 2 rings (SSSR count). The average molecular weight is 270 g/mol. The minimum atomic E-state index is -0.632. The molecule has 0 atom stereocenters. The maximum Gasteiger partial charge on any atom is 0.412 e. The van der Waals surface area contributed by atoms with Gasteiger partial charge in [-0.05, 0) is 26.8 Å². The summed E-state index contributed by atoms with van der Waals surface area (Å²) in [7, 11) is 0. The topological polar surface area (TPSA) is 87.9 Å². The van der Waals surface area contributed by atoms with Crippen LogP contribution in [-0.4, -0.2) is 21.9 Å². The highest BCUT2D eigenvalue weighted by Gasteiger charge is 2.19. The molecule has 1 amide bonds.